The third kappa shape index (κ3) is 2.19. The highest BCUT2D eigenvalue weighted by Gasteiger charge is 2.13. The molecule has 0 amide bonds. The van der Waals surface area contributed by atoms with Gasteiger partial charge in [0.2, 0.25) is 0 Å². The molecule has 0 radical (unpaired) electrons. The average molecular weight is 221 g/mol. The van der Waals surface area contributed by atoms with Crippen LogP contribution in [-0.2, 0) is 0 Å². The maximum absolute atomic E-state index is 8.61. The zero-order valence-electron chi connectivity index (χ0n) is 7.88. The predicted molar refractivity (Wildman–Crippen MR) is 52.9 cm³/mol. The molecule has 2 aromatic rings. The topological polar surface area (TPSA) is 75.8 Å². The van der Waals surface area contributed by atoms with Gasteiger partial charge in [0, 0.05) is 0 Å². The fourth-order valence-electron chi connectivity index (χ4n) is 0.935. The highest BCUT2D eigenvalue weighted by Crippen LogP contribution is 2.25. The van der Waals surface area contributed by atoms with Gasteiger partial charge in [-0.1, -0.05) is 0 Å². The number of aromatic nitrogens is 2. The molecule has 0 aromatic carbocycles. The van der Waals surface area contributed by atoms with E-state index in [0.29, 0.717) is 16.9 Å². The molecule has 15 heavy (non-hydrogen) atoms. The Kier molecular flexibility index (Phi) is 2.74. The molecule has 0 aliphatic carbocycles. The Hall–Kier alpha value is -1.74. The van der Waals surface area contributed by atoms with E-state index in [1.807, 2.05) is 0 Å². The summed E-state index contributed by atoms with van der Waals surface area (Å²) in [5, 5.41) is 16.4. The minimum atomic E-state index is -0.213. The summed E-state index contributed by atoms with van der Waals surface area (Å²) in [4.78, 5) is 0. The molecule has 0 N–H and O–H groups in total. The number of nitriles is 1. The Labute approximate surface area is 90.1 Å². The molecule has 5 nitrogen and oxygen atoms in total. The Morgan fingerprint density at radius 2 is 2.40 bits per heavy atom. The van der Waals surface area contributed by atoms with Crippen molar-refractivity contribution >= 4 is 11.8 Å². The van der Waals surface area contributed by atoms with E-state index in [1.54, 1.807) is 19.1 Å². The lowest BCUT2D eigenvalue weighted by atomic mass is 10.5. The molecule has 2 aromatic heterocycles. The Balaban J connectivity index is 2.15. The van der Waals surface area contributed by atoms with E-state index in [-0.39, 0.29) is 5.25 Å². The van der Waals surface area contributed by atoms with Crippen LogP contribution >= 0.6 is 11.8 Å². The zero-order valence-corrected chi connectivity index (χ0v) is 8.69. The molecule has 0 bridgehead atoms. The second kappa shape index (κ2) is 4.19. The van der Waals surface area contributed by atoms with Gasteiger partial charge < -0.3 is 8.83 Å². The first-order chi connectivity index (χ1) is 7.29. The zero-order chi connectivity index (χ0) is 10.7. The van der Waals surface area contributed by atoms with Crippen LogP contribution in [0.1, 0.15) is 6.92 Å². The van der Waals surface area contributed by atoms with Crippen molar-refractivity contribution in [3.8, 4) is 17.7 Å². The van der Waals surface area contributed by atoms with Gasteiger partial charge in [0.1, 0.15) is 0 Å². The summed E-state index contributed by atoms with van der Waals surface area (Å²) < 4.78 is 10.4. The number of thioether (sulfide) groups is 1. The normalized spacial score (nSPS) is 12.3. The third-order valence-electron chi connectivity index (χ3n) is 1.60. The maximum Gasteiger partial charge on any atom is 0.284 e. The summed E-state index contributed by atoms with van der Waals surface area (Å²) in [6.07, 6.45) is 1.53. The molecule has 1 atom stereocenters. The quantitative estimate of drug-likeness (QED) is 0.740. The van der Waals surface area contributed by atoms with Gasteiger partial charge in [0.15, 0.2) is 5.76 Å². The van der Waals surface area contributed by atoms with Crippen molar-refractivity contribution in [1.29, 1.82) is 5.26 Å². The van der Waals surface area contributed by atoms with Crippen LogP contribution in [0.15, 0.2) is 32.5 Å². The Morgan fingerprint density at radius 1 is 1.53 bits per heavy atom. The summed E-state index contributed by atoms with van der Waals surface area (Å²) >= 11 is 1.22. The van der Waals surface area contributed by atoms with Crippen LogP contribution in [0.25, 0.3) is 11.7 Å². The van der Waals surface area contributed by atoms with E-state index < -0.39 is 0 Å². The van der Waals surface area contributed by atoms with Gasteiger partial charge in [-0.25, -0.2) is 0 Å². The lowest BCUT2D eigenvalue weighted by Crippen LogP contribution is -1.88. The van der Waals surface area contributed by atoms with E-state index in [2.05, 4.69) is 16.3 Å². The SMILES string of the molecule is CC(C#N)Sc1nnc(-c2ccco2)o1. The smallest absolute Gasteiger partial charge is 0.284 e. The van der Waals surface area contributed by atoms with Crippen LogP contribution in [0.4, 0.5) is 0 Å². The van der Waals surface area contributed by atoms with Crippen LogP contribution in [0.5, 0.6) is 0 Å². The molecular weight excluding hydrogens is 214 g/mol. The third-order valence-corrected chi connectivity index (χ3v) is 2.42. The molecule has 0 spiro atoms. The molecule has 0 saturated carbocycles. The van der Waals surface area contributed by atoms with E-state index >= 15 is 0 Å². The summed E-state index contributed by atoms with van der Waals surface area (Å²) in [6.45, 7) is 1.77. The first-order valence-electron chi connectivity index (χ1n) is 4.23. The van der Waals surface area contributed by atoms with Gasteiger partial charge in [-0.3, -0.25) is 0 Å². The first kappa shape index (κ1) is 9.80. The van der Waals surface area contributed by atoms with Gasteiger partial charge in [0.25, 0.3) is 11.1 Å². The predicted octanol–water partition coefficient (Wildman–Crippen LogP) is 2.33. The van der Waals surface area contributed by atoms with Crippen LogP contribution in [0, 0.1) is 11.3 Å². The van der Waals surface area contributed by atoms with Gasteiger partial charge >= 0.3 is 0 Å². The van der Waals surface area contributed by atoms with Crippen molar-refractivity contribution < 1.29 is 8.83 Å². The monoisotopic (exact) mass is 221 g/mol. The molecular formula is C9H7N3O2S. The molecule has 76 valence electrons. The number of hydrogen-bond acceptors (Lipinski definition) is 6. The Morgan fingerprint density at radius 3 is 3.07 bits per heavy atom. The molecule has 0 aliphatic rings. The van der Waals surface area contributed by atoms with Crippen molar-refractivity contribution in [3.05, 3.63) is 18.4 Å². The molecule has 2 heterocycles. The largest absolute Gasteiger partial charge is 0.459 e. The second-order valence-corrected chi connectivity index (χ2v) is 4.03. The van der Waals surface area contributed by atoms with E-state index in [0.717, 1.165) is 0 Å². The van der Waals surface area contributed by atoms with Gasteiger partial charge in [-0.2, -0.15) is 5.26 Å². The molecule has 6 heteroatoms. The van der Waals surface area contributed by atoms with Gasteiger partial charge in [0.05, 0.1) is 17.6 Å². The van der Waals surface area contributed by atoms with E-state index in [4.69, 9.17) is 14.1 Å². The van der Waals surface area contributed by atoms with Crippen molar-refractivity contribution in [1.82, 2.24) is 10.2 Å². The van der Waals surface area contributed by atoms with Crippen molar-refractivity contribution in [2.24, 2.45) is 0 Å². The van der Waals surface area contributed by atoms with Gasteiger partial charge in [-0.15, -0.1) is 10.2 Å². The van der Waals surface area contributed by atoms with Crippen molar-refractivity contribution in [3.63, 3.8) is 0 Å². The van der Waals surface area contributed by atoms with Crippen LogP contribution in [-0.4, -0.2) is 15.4 Å². The average Bonchev–Trinajstić information content (AvgIpc) is 2.85. The highest BCUT2D eigenvalue weighted by atomic mass is 32.2. The number of hydrogen-bond donors (Lipinski definition) is 0. The van der Waals surface area contributed by atoms with Crippen LogP contribution in [0.2, 0.25) is 0 Å². The second-order valence-electron chi connectivity index (χ2n) is 2.74. The summed E-state index contributed by atoms with van der Waals surface area (Å²) in [5.74, 6) is 0.853. The summed E-state index contributed by atoms with van der Waals surface area (Å²) in [6, 6.07) is 5.54. The number of furan rings is 1. The minimum Gasteiger partial charge on any atom is -0.459 e. The summed E-state index contributed by atoms with van der Waals surface area (Å²) in [7, 11) is 0. The Bertz CT molecular complexity index is 472. The highest BCUT2D eigenvalue weighted by molar-refractivity contribution is 7.99. The fourth-order valence-corrected chi connectivity index (χ4v) is 1.50. The lowest BCUT2D eigenvalue weighted by Gasteiger charge is -1.93. The molecule has 0 fully saturated rings. The van der Waals surface area contributed by atoms with Crippen LogP contribution in [0.3, 0.4) is 0 Å². The molecule has 0 saturated heterocycles. The van der Waals surface area contributed by atoms with Crippen molar-refractivity contribution in [2.45, 2.75) is 17.4 Å². The maximum atomic E-state index is 8.61. The summed E-state index contributed by atoms with van der Waals surface area (Å²) in [5.41, 5.74) is 0. The van der Waals surface area contributed by atoms with Crippen molar-refractivity contribution in [2.75, 3.05) is 0 Å². The van der Waals surface area contributed by atoms with Gasteiger partial charge in [-0.05, 0) is 30.8 Å². The number of rotatable bonds is 3. The molecule has 1 unspecified atom stereocenters. The lowest BCUT2D eigenvalue weighted by molar-refractivity contribution is 0.447. The number of nitrogens with zero attached hydrogens (tertiary/aromatic N) is 3. The first-order valence-corrected chi connectivity index (χ1v) is 5.11. The molecule has 2 rings (SSSR count). The van der Waals surface area contributed by atoms with E-state index in [1.165, 1.54) is 18.0 Å². The van der Waals surface area contributed by atoms with Crippen LogP contribution < -0.4 is 0 Å². The molecule has 0 aliphatic heterocycles. The van der Waals surface area contributed by atoms with E-state index in [9.17, 15) is 0 Å². The fraction of sp³-hybridized carbons (Fsp3) is 0.222. The standard InChI is InChI=1S/C9H7N3O2S/c1-6(5-10)15-9-12-11-8(14-9)7-3-2-4-13-7/h2-4,6H,1H3. The minimum absolute atomic E-state index is 0.213.